The Morgan fingerprint density at radius 2 is 1.54 bits per heavy atom. The Bertz CT molecular complexity index is 1230. The third-order valence-corrected chi connectivity index (χ3v) is 8.59. The second-order valence-electron chi connectivity index (χ2n) is 7.83. The van der Waals surface area contributed by atoms with Crippen molar-refractivity contribution in [3.8, 4) is 0 Å². The Kier molecular flexibility index (Phi) is 10.2. The lowest BCUT2D eigenvalue weighted by Crippen LogP contribution is -2.41. The second kappa shape index (κ2) is 12.9. The van der Waals surface area contributed by atoms with Crippen molar-refractivity contribution in [1.29, 1.82) is 0 Å². The highest BCUT2D eigenvalue weighted by molar-refractivity contribution is 7.98. The Hall–Kier alpha value is -1.90. The molecule has 10 heteroatoms. The van der Waals surface area contributed by atoms with Gasteiger partial charge in [0, 0.05) is 27.4 Å². The van der Waals surface area contributed by atoms with Crippen molar-refractivity contribution in [2.45, 2.75) is 24.0 Å². The minimum Gasteiger partial charge on any atom is -0.354 e. The van der Waals surface area contributed by atoms with E-state index in [2.05, 4.69) is 5.32 Å². The highest BCUT2D eigenvalue weighted by Gasteiger charge is 2.27. The number of rotatable bonds is 11. The number of amides is 1. The lowest BCUT2D eigenvalue weighted by molar-refractivity contribution is -0.119. The number of sulfonamides is 1. The molecule has 1 amide bonds. The van der Waals surface area contributed by atoms with Crippen molar-refractivity contribution >= 4 is 68.2 Å². The third-order valence-electron chi connectivity index (χ3n) is 5.00. The van der Waals surface area contributed by atoms with Gasteiger partial charge in [-0.2, -0.15) is 11.8 Å². The van der Waals surface area contributed by atoms with E-state index in [-0.39, 0.29) is 20.6 Å². The van der Waals surface area contributed by atoms with E-state index >= 15 is 0 Å². The summed E-state index contributed by atoms with van der Waals surface area (Å²) in [6.07, 6.45) is 0.748. The summed E-state index contributed by atoms with van der Waals surface area (Å²) in [5.74, 6) is 1.28. The molecule has 0 bridgehead atoms. The summed E-state index contributed by atoms with van der Waals surface area (Å²) in [5.41, 5.74) is 2.32. The summed E-state index contributed by atoms with van der Waals surface area (Å²) >= 11 is 19.9. The Balaban J connectivity index is 1.62. The molecule has 0 aliphatic carbocycles. The predicted octanol–water partition coefficient (Wildman–Crippen LogP) is 6.59. The van der Waals surface area contributed by atoms with Crippen LogP contribution < -0.4 is 9.62 Å². The largest absolute Gasteiger partial charge is 0.354 e. The van der Waals surface area contributed by atoms with Crippen LogP contribution in [-0.4, -0.2) is 33.2 Å². The summed E-state index contributed by atoms with van der Waals surface area (Å²) in [6, 6.07) is 18.6. The van der Waals surface area contributed by atoms with Gasteiger partial charge in [-0.3, -0.25) is 9.10 Å². The SMILES string of the molecule is Cc1ccc(S(=O)(=O)N(CC(=O)NCCCSCc2ccc(Cl)cc2)c2cc(Cl)cc(Cl)c2)cc1. The Morgan fingerprint density at radius 1 is 0.914 bits per heavy atom. The van der Waals surface area contributed by atoms with Gasteiger partial charge < -0.3 is 5.32 Å². The number of nitrogens with zero attached hydrogens (tertiary/aromatic N) is 1. The van der Waals surface area contributed by atoms with E-state index in [9.17, 15) is 13.2 Å². The fourth-order valence-corrected chi connectivity index (χ4v) is 6.16. The number of halogens is 3. The molecule has 0 radical (unpaired) electrons. The van der Waals surface area contributed by atoms with Gasteiger partial charge >= 0.3 is 0 Å². The summed E-state index contributed by atoms with van der Waals surface area (Å²) in [5, 5.41) is 4.06. The molecule has 0 heterocycles. The van der Waals surface area contributed by atoms with Gasteiger partial charge in [0.2, 0.25) is 5.91 Å². The molecule has 1 N–H and O–H groups in total. The lowest BCUT2D eigenvalue weighted by Gasteiger charge is -2.24. The number of benzene rings is 3. The second-order valence-corrected chi connectivity index (χ2v) is 12.1. The number of aryl methyl sites for hydroxylation is 1. The van der Waals surface area contributed by atoms with Crippen LogP contribution in [0.15, 0.2) is 71.6 Å². The summed E-state index contributed by atoms with van der Waals surface area (Å²) < 4.78 is 27.9. The van der Waals surface area contributed by atoms with Gasteiger partial charge in [0.1, 0.15) is 6.54 Å². The van der Waals surface area contributed by atoms with Crippen LogP contribution in [0.1, 0.15) is 17.5 Å². The van der Waals surface area contributed by atoms with Crippen LogP contribution in [-0.2, 0) is 20.6 Å². The minimum atomic E-state index is -4.03. The number of carbonyl (C=O) groups is 1. The number of carbonyl (C=O) groups excluding carboxylic acids is 1. The summed E-state index contributed by atoms with van der Waals surface area (Å²) in [4.78, 5) is 12.8. The predicted molar refractivity (Wildman–Crippen MR) is 147 cm³/mol. The van der Waals surface area contributed by atoms with Gasteiger partial charge in [0.15, 0.2) is 0 Å². The first-order valence-corrected chi connectivity index (χ1v) is 14.5. The van der Waals surface area contributed by atoms with E-state index in [4.69, 9.17) is 34.8 Å². The Morgan fingerprint density at radius 3 is 2.17 bits per heavy atom. The standard InChI is InChI=1S/C25H25Cl3N2O3S2/c1-18-3-9-24(10-4-18)35(32,33)30(23-14-21(27)13-22(28)15-23)16-25(31)29-11-2-12-34-17-19-5-7-20(26)8-6-19/h3-10,13-15H,2,11-12,16-17H2,1H3,(H,29,31). The number of hydrogen-bond acceptors (Lipinski definition) is 4. The van der Waals surface area contributed by atoms with Crippen molar-refractivity contribution in [3.05, 3.63) is 92.9 Å². The van der Waals surface area contributed by atoms with Crippen LogP contribution in [0.5, 0.6) is 0 Å². The molecule has 3 aromatic rings. The molecule has 0 fully saturated rings. The molecule has 0 saturated heterocycles. The van der Waals surface area contributed by atoms with E-state index in [1.807, 2.05) is 31.2 Å². The zero-order chi connectivity index (χ0) is 25.4. The van der Waals surface area contributed by atoms with Gasteiger partial charge in [0.25, 0.3) is 10.0 Å². The number of anilines is 1. The molecule has 3 rings (SSSR count). The molecule has 0 spiro atoms. The average Bonchev–Trinajstić information content (AvgIpc) is 2.80. The smallest absolute Gasteiger partial charge is 0.264 e. The van der Waals surface area contributed by atoms with Gasteiger partial charge in [-0.1, -0.05) is 64.6 Å². The van der Waals surface area contributed by atoms with Gasteiger partial charge in [-0.25, -0.2) is 8.42 Å². The van der Waals surface area contributed by atoms with Crippen molar-refractivity contribution in [2.75, 3.05) is 23.1 Å². The first-order valence-electron chi connectivity index (χ1n) is 10.8. The maximum atomic E-state index is 13.4. The topological polar surface area (TPSA) is 66.5 Å². The molecule has 5 nitrogen and oxygen atoms in total. The normalized spacial score (nSPS) is 11.3. The molecule has 35 heavy (non-hydrogen) atoms. The van der Waals surface area contributed by atoms with Crippen LogP contribution in [0.2, 0.25) is 15.1 Å². The van der Waals surface area contributed by atoms with E-state index in [1.54, 1.807) is 23.9 Å². The van der Waals surface area contributed by atoms with Crippen molar-refractivity contribution in [1.82, 2.24) is 5.32 Å². The summed E-state index contributed by atoms with van der Waals surface area (Å²) in [7, 11) is -4.03. The maximum absolute atomic E-state index is 13.4. The van der Waals surface area contributed by atoms with Gasteiger partial charge in [-0.15, -0.1) is 0 Å². The molecule has 0 aliphatic rings. The molecule has 186 valence electrons. The lowest BCUT2D eigenvalue weighted by atomic mass is 10.2. The molecular formula is C25H25Cl3N2O3S2. The van der Waals surface area contributed by atoms with Crippen LogP contribution in [0.3, 0.4) is 0 Å². The monoisotopic (exact) mass is 570 g/mol. The highest BCUT2D eigenvalue weighted by atomic mass is 35.5. The summed E-state index contributed by atoms with van der Waals surface area (Å²) in [6.45, 7) is 1.90. The van der Waals surface area contributed by atoms with Gasteiger partial charge in [-0.05, 0) is 67.1 Å². The Labute approximate surface area is 225 Å². The fraction of sp³-hybridized carbons (Fsp3) is 0.240. The van der Waals surface area contributed by atoms with Crippen LogP contribution in [0.4, 0.5) is 5.69 Å². The van der Waals surface area contributed by atoms with E-state index in [1.165, 1.54) is 35.9 Å². The van der Waals surface area contributed by atoms with Crippen LogP contribution in [0.25, 0.3) is 0 Å². The molecule has 0 atom stereocenters. The van der Waals surface area contributed by atoms with Gasteiger partial charge in [0.05, 0.1) is 10.6 Å². The number of thioether (sulfide) groups is 1. The van der Waals surface area contributed by atoms with E-state index < -0.39 is 22.5 Å². The molecule has 0 saturated carbocycles. The number of nitrogens with one attached hydrogen (secondary N) is 1. The molecule has 0 unspecified atom stereocenters. The van der Waals surface area contributed by atoms with E-state index in [0.717, 1.165) is 27.8 Å². The molecule has 3 aromatic carbocycles. The number of hydrogen-bond donors (Lipinski definition) is 1. The molecule has 0 aromatic heterocycles. The van der Waals surface area contributed by atoms with Crippen molar-refractivity contribution < 1.29 is 13.2 Å². The third kappa shape index (κ3) is 8.33. The zero-order valence-electron chi connectivity index (χ0n) is 19.0. The van der Waals surface area contributed by atoms with Crippen molar-refractivity contribution in [3.63, 3.8) is 0 Å². The fourth-order valence-electron chi connectivity index (χ4n) is 3.19. The highest BCUT2D eigenvalue weighted by Crippen LogP contribution is 2.29. The minimum absolute atomic E-state index is 0.0746. The first kappa shape index (κ1) is 27.7. The molecular weight excluding hydrogens is 547 g/mol. The first-order chi connectivity index (χ1) is 16.6. The van der Waals surface area contributed by atoms with Crippen LogP contribution in [0, 0.1) is 6.92 Å². The quantitative estimate of drug-likeness (QED) is 0.264. The zero-order valence-corrected chi connectivity index (χ0v) is 22.9. The van der Waals surface area contributed by atoms with Crippen molar-refractivity contribution in [2.24, 2.45) is 0 Å². The van der Waals surface area contributed by atoms with Crippen LogP contribution >= 0.6 is 46.6 Å². The average molecular weight is 572 g/mol. The molecule has 0 aliphatic heterocycles. The van der Waals surface area contributed by atoms with E-state index in [0.29, 0.717) is 11.6 Å². The maximum Gasteiger partial charge on any atom is 0.264 e.